The molecule has 2 unspecified atom stereocenters. The van der Waals surface area contributed by atoms with Gasteiger partial charge in [0.2, 0.25) is 0 Å². The monoisotopic (exact) mass is 232 g/mol. The molecule has 1 amide bonds. The first-order valence-corrected chi connectivity index (χ1v) is 6.14. The fourth-order valence-corrected chi connectivity index (χ4v) is 2.37. The van der Waals surface area contributed by atoms with E-state index < -0.39 is 0 Å². The maximum atomic E-state index is 12.4. The molecule has 1 aromatic rings. The number of carbonyl (C=O) groups is 1. The Hall–Kier alpha value is -1.35. The maximum absolute atomic E-state index is 12.4. The second-order valence-electron chi connectivity index (χ2n) is 5.01. The van der Waals surface area contributed by atoms with Crippen molar-refractivity contribution in [3.63, 3.8) is 0 Å². The molecule has 1 saturated heterocycles. The lowest BCUT2D eigenvalue weighted by Crippen LogP contribution is -2.40. The minimum absolute atomic E-state index is 0.115. The van der Waals surface area contributed by atoms with Crippen molar-refractivity contribution in [2.24, 2.45) is 5.73 Å². The molecule has 3 heteroatoms. The van der Waals surface area contributed by atoms with Gasteiger partial charge in [0.1, 0.15) is 0 Å². The summed E-state index contributed by atoms with van der Waals surface area (Å²) in [6.45, 7) is 6.79. The summed E-state index contributed by atoms with van der Waals surface area (Å²) in [5, 5.41) is 0. The van der Waals surface area contributed by atoms with E-state index in [0.29, 0.717) is 0 Å². The summed E-state index contributed by atoms with van der Waals surface area (Å²) in [5.41, 5.74) is 8.93. The highest BCUT2D eigenvalue weighted by Crippen LogP contribution is 2.21. The van der Waals surface area contributed by atoms with Gasteiger partial charge in [-0.3, -0.25) is 4.79 Å². The van der Waals surface area contributed by atoms with Crippen LogP contribution in [0.1, 0.15) is 34.8 Å². The van der Waals surface area contributed by atoms with Crippen molar-refractivity contribution in [3.05, 3.63) is 34.9 Å². The van der Waals surface area contributed by atoms with Crippen molar-refractivity contribution in [2.75, 3.05) is 6.54 Å². The molecule has 0 saturated carbocycles. The number of rotatable bonds is 1. The van der Waals surface area contributed by atoms with Gasteiger partial charge in [-0.2, -0.15) is 0 Å². The Morgan fingerprint density at radius 2 is 2.12 bits per heavy atom. The van der Waals surface area contributed by atoms with Crippen LogP contribution in [0.15, 0.2) is 18.2 Å². The molecule has 1 aromatic carbocycles. The van der Waals surface area contributed by atoms with Gasteiger partial charge in [0, 0.05) is 24.2 Å². The summed E-state index contributed by atoms with van der Waals surface area (Å²) in [6, 6.07) is 6.26. The Morgan fingerprint density at radius 1 is 1.41 bits per heavy atom. The van der Waals surface area contributed by atoms with E-state index in [0.717, 1.165) is 29.7 Å². The average molecular weight is 232 g/mol. The van der Waals surface area contributed by atoms with Gasteiger partial charge < -0.3 is 10.6 Å². The van der Waals surface area contributed by atoms with Crippen LogP contribution in [-0.4, -0.2) is 29.4 Å². The van der Waals surface area contributed by atoms with Crippen LogP contribution in [0.4, 0.5) is 0 Å². The molecule has 2 atom stereocenters. The van der Waals surface area contributed by atoms with Gasteiger partial charge in [-0.25, -0.2) is 0 Å². The molecule has 0 aliphatic carbocycles. The SMILES string of the molecule is Cc1ccc(C)c(C(=O)N2CCC(N)C2C)c1. The highest BCUT2D eigenvalue weighted by atomic mass is 16.2. The zero-order chi connectivity index (χ0) is 12.6. The molecule has 92 valence electrons. The van der Waals surface area contributed by atoms with Gasteiger partial charge in [-0.1, -0.05) is 17.7 Å². The van der Waals surface area contributed by atoms with Crippen molar-refractivity contribution in [1.82, 2.24) is 4.90 Å². The highest BCUT2D eigenvalue weighted by Gasteiger charge is 2.32. The van der Waals surface area contributed by atoms with Gasteiger partial charge in [-0.15, -0.1) is 0 Å². The van der Waals surface area contributed by atoms with Crippen LogP contribution in [0.3, 0.4) is 0 Å². The fraction of sp³-hybridized carbons (Fsp3) is 0.500. The molecular weight excluding hydrogens is 212 g/mol. The smallest absolute Gasteiger partial charge is 0.254 e. The van der Waals surface area contributed by atoms with E-state index in [4.69, 9.17) is 5.73 Å². The molecule has 17 heavy (non-hydrogen) atoms. The Bertz CT molecular complexity index is 442. The first-order chi connectivity index (χ1) is 8.00. The molecule has 0 bridgehead atoms. The molecular formula is C14H20N2O. The second-order valence-corrected chi connectivity index (χ2v) is 5.01. The number of hydrogen-bond acceptors (Lipinski definition) is 2. The molecule has 1 aliphatic heterocycles. The average Bonchev–Trinajstić information content (AvgIpc) is 2.62. The normalized spacial score (nSPS) is 24.1. The number of benzene rings is 1. The Balaban J connectivity index is 2.28. The van der Waals surface area contributed by atoms with E-state index in [-0.39, 0.29) is 18.0 Å². The third-order valence-corrected chi connectivity index (χ3v) is 3.70. The quantitative estimate of drug-likeness (QED) is 0.803. The standard InChI is InChI=1S/C14H20N2O/c1-9-4-5-10(2)12(8-9)14(17)16-7-6-13(15)11(16)3/h4-5,8,11,13H,6-7,15H2,1-3H3. The molecule has 1 fully saturated rings. The summed E-state index contributed by atoms with van der Waals surface area (Å²) < 4.78 is 0. The van der Waals surface area contributed by atoms with Crippen LogP contribution in [0.25, 0.3) is 0 Å². The third kappa shape index (κ3) is 2.20. The number of hydrogen-bond donors (Lipinski definition) is 1. The molecule has 2 rings (SSSR count). The first kappa shape index (κ1) is 12.1. The van der Waals surface area contributed by atoms with Crippen LogP contribution in [0.5, 0.6) is 0 Å². The van der Waals surface area contributed by atoms with Gasteiger partial charge in [0.15, 0.2) is 0 Å². The van der Waals surface area contributed by atoms with Gasteiger partial charge in [-0.05, 0) is 38.8 Å². The van der Waals surface area contributed by atoms with Crippen molar-refractivity contribution in [3.8, 4) is 0 Å². The van der Waals surface area contributed by atoms with E-state index in [1.54, 1.807) is 0 Å². The van der Waals surface area contributed by atoms with Gasteiger partial charge in [0.05, 0.1) is 0 Å². The summed E-state index contributed by atoms with van der Waals surface area (Å²) >= 11 is 0. The Labute approximate surface area is 103 Å². The van der Waals surface area contributed by atoms with E-state index in [1.165, 1.54) is 0 Å². The van der Waals surface area contributed by atoms with Crippen LogP contribution < -0.4 is 5.73 Å². The van der Waals surface area contributed by atoms with Crippen LogP contribution >= 0.6 is 0 Å². The van der Waals surface area contributed by atoms with E-state index in [1.807, 2.05) is 43.9 Å². The number of amides is 1. The zero-order valence-corrected chi connectivity index (χ0v) is 10.7. The zero-order valence-electron chi connectivity index (χ0n) is 10.7. The highest BCUT2D eigenvalue weighted by molar-refractivity contribution is 5.96. The molecule has 3 nitrogen and oxygen atoms in total. The fourth-order valence-electron chi connectivity index (χ4n) is 2.37. The predicted molar refractivity (Wildman–Crippen MR) is 69.0 cm³/mol. The lowest BCUT2D eigenvalue weighted by atomic mass is 10.0. The lowest BCUT2D eigenvalue weighted by molar-refractivity contribution is 0.0741. The number of nitrogens with two attached hydrogens (primary N) is 1. The molecule has 0 spiro atoms. The molecule has 1 aliphatic rings. The largest absolute Gasteiger partial charge is 0.334 e. The van der Waals surface area contributed by atoms with Crippen LogP contribution in [0, 0.1) is 13.8 Å². The van der Waals surface area contributed by atoms with E-state index in [9.17, 15) is 4.79 Å². The van der Waals surface area contributed by atoms with Crippen molar-refractivity contribution in [2.45, 2.75) is 39.3 Å². The summed E-state index contributed by atoms with van der Waals surface area (Å²) in [5.74, 6) is 0.117. The van der Waals surface area contributed by atoms with Crippen LogP contribution in [0.2, 0.25) is 0 Å². The maximum Gasteiger partial charge on any atom is 0.254 e. The van der Waals surface area contributed by atoms with E-state index >= 15 is 0 Å². The van der Waals surface area contributed by atoms with Crippen molar-refractivity contribution < 1.29 is 4.79 Å². The van der Waals surface area contributed by atoms with Crippen LogP contribution in [-0.2, 0) is 0 Å². The minimum Gasteiger partial charge on any atom is -0.334 e. The minimum atomic E-state index is 0.115. The number of likely N-dealkylation sites (tertiary alicyclic amines) is 1. The first-order valence-electron chi connectivity index (χ1n) is 6.14. The van der Waals surface area contributed by atoms with Gasteiger partial charge >= 0.3 is 0 Å². The Kier molecular flexibility index (Phi) is 3.20. The molecule has 0 aromatic heterocycles. The summed E-state index contributed by atoms with van der Waals surface area (Å²) in [7, 11) is 0. The topological polar surface area (TPSA) is 46.3 Å². The second kappa shape index (κ2) is 4.49. The molecule has 1 heterocycles. The number of nitrogens with zero attached hydrogens (tertiary/aromatic N) is 1. The van der Waals surface area contributed by atoms with Crippen molar-refractivity contribution in [1.29, 1.82) is 0 Å². The molecule has 0 radical (unpaired) electrons. The van der Waals surface area contributed by atoms with E-state index in [2.05, 4.69) is 0 Å². The van der Waals surface area contributed by atoms with Gasteiger partial charge in [0.25, 0.3) is 5.91 Å². The third-order valence-electron chi connectivity index (χ3n) is 3.70. The molecule has 2 N–H and O–H groups in total. The number of aryl methyl sites for hydroxylation is 2. The Morgan fingerprint density at radius 3 is 2.71 bits per heavy atom. The lowest BCUT2D eigenvalue weighted by Gasteiger charge is -2.24. The summed E-state index contributed by atoms with van der Waals surface area (Å²) in [4.78, 5) is 14.3. The summed E-state index contributed by atoms with van der Waals surface area (Å²) in [6.07, 6.45) is 0.901. The van der Waals surface area contributed by atoms with Crippen molar-refractivity contribution >= 4 is 5.91 Å². The predicted octanol–water partition coefficient (Wildman–Crippen LogP) is 1.87. The number of carbonyl (C=O) groups excluding carboxylic acids is 1.